The third-order valence-corrected chi connectivity index (χ3v) is 8.93. The number of amides is 4. The Morgan fingerprint density at radius 3 is 2.29 bits per heavy atom. The van der Waals surface area contributed by atoms with Gasteiger partial charge < -0.3 is 25.6 Å². The van der Waals surface area contributed by atoms with Crippen LogP contribution >= 0.6 is 23.2 Å². The van der Waals surface area contributed by atoms with Crippen LogP contribution in [0.15, 0.2) is 25.3 Å². The fourth-order valence-electron chi connectivity index (χ4n) is 5.82. The highest BCUT2D eigenvalue weighted by atomic mass is 35.5. The lowest BCUT2D eigenvalue weighted by molar-refractivity contribution is -0.144. The molecule has 3 rings (SSSR count). The van der Waals surface area contributed by atoms with Crippen molar-refractivity contribution in [1.29, 1.82) is 0 Å². The van der Waals surface area contributed by atoms with Gasteiger partial charge in [0.1, 0.15) is 22.0 Å². The van der Waals surface area contributed by atoms with E-state index in [9.17, 15) is 24.0 Å². The van der Waals surface area contributed by atoms with Crippen LogP contribution in [-0.2, 0) is 23.9 Å². The van der Waals surface area contributed by atoms with Crippen molar-refractivity contribution in [3.63, 3.8) is 0 Å². The topological polar surface area (TPSA) is 134 Å². The zero-order valence-electron chi connectivity index (χ0n) is 24.0. The molecule has 0 aromatic carbocycles. The van der Waals surface area contributed by atoms with Gasteiger partial charge in [0.25, 0.3) is 5.91 Å². The maximum atomic E-state index is 14.1. The lowest BCUT2D eigenvalue weighted by Crippen LogP contribution is -2.60. The van der Waals surface area contributed by atoms with Gasteiger partial charge in [-0.05, 0) is 52.4 Å². The number of nitrogens with one attached hydrogen (secondary N) is 3. The van der Waals surface area contributed by atoms with Crippen molar-refractivity contribution >= 4 is 52.8 Å². The van der Waals surface area contributed by atoms with Gasteiger partial charge in [-0.15, -0.1) is 36.4 Å². The Morgan fingerprint density at radius 1 is 1.05 bits per heavy atom. The first-order chi connectivity index (χ1) is 19.2. The number of ketones is 1. The SMILES string of the molecule is C=CCCC(NC(=O)C1C2C(CN1C(=O)C(NC(=O)OC(C)(C)C)C1CCCCC1)C2(Cl)Cl)C(=O)C(=O)NCC=C. The van der Waals surface area contributed by atoms with E-state index in [1.165, 1.54) is 11.0 Å². The van der Waals surface area contributed by atoms with E-state index >= 15 is 0 Å². The Morgan fingerprint density at radius 2 is 1.71 bits per heavy atom. The molecule has 0 spiro atoms. The van der Waals surface area contributed by atoms with Crippen LogP contribution in [0.1, 0.15) is 65.7 Å². The maximum Gasteiger partial charge on any atom is 0.408 e. The number of Topliss-reactive ketones (excluding diaryl/α,β-unsaturated/α-hetero) is 1. The van der Waals surface area contributed by atoms with Gasteiger partial charge in [-0.3, -0.25) is 19.2 Å². The summed E-state index contributed by atoms with van der Waals surface area (Å²) in [6.07, 6.45) is 7.20. The number of alkyl carbamates (subject to hydrolysis) is 1. The fourth-order valence-corrected chi connectivity index (χ4v) is 6.64. The van der Waals surface area contributed by atoms with Gasteiger partial charge in [0.15, 0.2) is 0 Å². The predicted octanol–water partition coefficient (Wildman–Crippen LogP) is 3.41. The summed E-state index contributed by atoms with van der Waals surface area (Å²) >= 11 is 13.0. The summed E-state index contributed by atoms with van der Waals surface area (Å²) in [6.45, 7) is 12.6. The molecule has 1 heterocycles. The first-order valence-electron chi connectivity index (χ1n) is 14.2. The quantitative estimate of drug-likeness (QED) is 0.176. The molecular weight excluding hydrogens is 571 g/mol. The lowest BCUT2D eigenvalue weighted by atomic mass is 9.83. The van der Waals surface area contributed by atoms with Gasteiger partial charge in [-0.25, -0.2) is 4.79 Å². The van der Waals surface area contributed by atoms with Crippen LogP contribution in [0.4, 0.5) is 4.79 Å². The van der Waals surface area contributed by atoms with Gasteiger partial charge in [0.05, 0.1) is 6.04 Å². The summed E-state index contributed by atoms with van der Waals surface area (Å²) in [5, 5.41) is 7.88. The van der Waals surface area contributed by atoms with Gasteiger partial charge in [-0.1, -0.05) is 31.4 Å². The number of hydrogen-bond acceptors (Lipinski definition) is 6. The highest BCUT2D eigenvalue weighted by Gasteiger charge is 2.74. The van der Waals surface area contributed by atoms with Gasteiger partial charge in [-0.2, -0.15) is 0 Å². The molecule has 4 amide bonds. The van der Waals surface area contributed by atoms with E-state index in [0.717, 1.165) is 32.1 Å². The molecule has 3 fully saturated rings. The minimum atomic E-state index is -1.21. The van der Waals surface area contributed by atoms with Gasteiger partial charge in [0.2, 0.25) is 17.6 Å². The van der Waals surface area contributed by atoms with E-state index in [1.54, 1.807) is 26.8 Å². The monoisotopic (exact) mass is 612 g/mol. The number of rotatable bonds is 12. The van der Waals surface area contributed by atoms with E-state index in [4.69, 9.17) is 27.9 Å². The smallest absolute Gasteiger partial charge is 0.408 e. The third-order valence-electron chi connectivity index (χ3n) is 7.87. The number of likely N-dealkylation sites (tertiary alicyclic amines) is 1. The summed E-state index contributed by atoms with van der Waals surface area (Å²) in [5.74, 6) is -3.77. The van der Waals surface area contributed by atoms with Crippen LogP contribution in [0.25, 0.3) is 0 Å². The average molecular weight is 614 g/mol. The van der Waals surface area contributed by atoms with E-state index < -0.39 is 63.6 Å². The van der Waals surface area contributed by atoms with Crippen molar-refractivity contribution in [1.82, 2.24) is 20.9 Å². The zero-order valence-corrected chi connectivity index (χ0v) is 25.6. The number of alkyl halides is 2. The van der Waals surface area contributed by atoms with Gasteiger partial charge >= 0.3 is 6.09 Å². The number of carbonyl (C=O) groups excluding carboxylic acids is 5. The van der Waals surface area contributed by atoms with Crippen molar-refractivity contribution in [2.75, 3.05) is 13.1 Å². The lowest BCUT2D eigenvalue weighted by Gasteiger charge is -2.36. The van der Waals surface area contributed by atoms with Crippen LogP contribution in [0, 0.1) is 17.8 Å². The van der Waals surface area contributed by atoms with Crippen molar-refractivity contribution in [2.24, 2.45) is 17.8 Å². The summed E-state index contributed by atoms with van der Waals surface area (Å²) in [6, 6.07) is -3.13. The molecule has 0 radical (unpaired) electrons. The highest BCUT2D eigenvalue weighted by molar-refractivity contribution is 6.51. The molecule has 12 heteroatoms. The second kappa shape index (κ2) is 13.6. The number of piperidine rings is 1. The molecule has 41 heavy (non-hydrogen) atoms. The molecule has 1 saturated heterocycles. The summed E-state index contributed by atoms with van der Waals surface area (Å²) in [5.41, 5.74) is -0.760. The minimum absolute atomic E-state index is 0.0928. The van der Waals surface area contributed by atoms with Crippen molar-refractivity contribution in [2.45, 2.75) is 93.8 Å². The molecule has 0 aromatic heterocycles. The first kappa shape index (κ1) is 32.9. The number of ether oxygens (including phenoxy) is 1. The number of nitrogens with zero attached hydrogens (tertiary/aromatic N) is 1. The number of halogens is 2. The second-order valence-electron chi connectivity index (χ2n) is 12.1. The number of hydrogen-bond donors (Lipinski definition) is 3. The summed E-state index contributed by atoms with van der Waals surface area (Å²) in [4.78, 5) is 67.3. The Hall–Kier alpha value is -2.59. The van der Waals surface area contributed by atoms with E-state index in [-0.39, 0.29) is 31.3 Å². The largest absolute Gasteiger partial charge is 0.444 e. The van der Waals surface area contributed by atoms with Crippen LogP contribution in [0.5, 0.6) is 0 Å². The molecule has 5 unspecified atom stereocenters. The van der Waals surface area contributed by atoms with Crippen LogP contribution in [-0.4, -0.2) is 75.6 Å². The number of fused-ring (bicyclic) bond motifs is 1. The summed E-state index contributed by atoms with van der Waals surface area (Å²) in [7, 11) is 0. The summed E-state index contributed by atoms with van der Waals surface area (Å²) < 4.78 is 4.24. The van der Waals surface area contributed by atoms with E-state index in [1.807, 2.05) is 0 Å². The molecule has 2 aliphatic carbocycles. The Labute approximate surface area is 251 Å². The first-order valence-corrected chi connectivity index (χ1v) is 15.0. The molecule has 3 aliphatic rings. The Balaban J connectivity index is 1.85. The second-order valence-corrected chi connectivity index (χ2v) is 13.5. The minimum Gasteiger partial charge on any atom is -0.444 e. The molecule has 1 aliphatic heterocycles. The van der Waals surface area contributed by atoms with Crippen molar-refractivity contribution in [3.8, 4) is 0 Å². The van der Waals surface area contributed by atoms with Crippen LogP contribution in [0.2, 0.25) is 0 Å². The zero-order chi connectivity index (χ0) is 30.5. The Bertz CT molecular complexity index is 1050. The van der Waals surface area contributed by atoms with E-state index in [0.29, 0.717) is 6.42 Å². The fraction of sp³-hybridized carbons (Fsp3) is 0.690. The molecule has 228 valence electrons. The Kier molecular flexibility index (Phi) is 10.9. The van der Waals surface area contributed by atoms with Gasteiger partial charge in [0, 0.05) is 24.9 Å². The molecule has 0 bridgehead atoms. The average Bonchev–Trinajstić information content (AvgIpc) is 3.23. The normalized spacial score (nSPS) is 24.7. The molecule has 10 nitrogen and oxygen atoms in total. The predicted molar refractivity (Wildman–Crippen MR) is 156 cm³/mol. The van der Waals surface area contributed by atoms with Crippen LogP contribution < -0.4 is 16.0 Å². The molecule has 5 atom stereocenters. The number of allylic oxidation sites excluding steroid dienone is 1. The molecule has 2 saturated carbocycles. The molecule has 0 aromatic rings. The highest BCUT2D eigenvalue weighted by Crippen LogP contribution is 2.65. The maximum absolute atomic E-state index is 14.1. The standard InChI is InChI=1S/C29H42Cl2N4O6/c1-6-8-14-19(23(36)25(38)32-15-7-2)33-24(37)22-20-18(29(20,30)31)16-35(22)26(39)21(17-12-10-9-11-13-17)34-27(40)41-28(3,4)5/h6-7,17-22H,1-2,8-16H2,3-5H3,(H,32,38)(H,33,37)(H,34,40). The van der Waals surface area contributed by atoms with Crippen molar-refractivity contribution in [3.05, 3.63) is 25.3 Å². The molecule has 3 N–H and O–H groups in total. The molecular formula is C29H42Cl2N4O6. The van der Waals surface area contributed by atoms with Crippen molar-refractivity contribution < 1.29 is 28.7 Å². The number of carbonyl (C=O) groups is 5. The van der Waals surface area contributed by atoms with E-state index in [2.05, 4.69) is 29.1 Å². The van der Waals surface area contributed by atoms with Crippen LogP contribution in [0.3, 0.4) is 0 Å². The third kappa shape index (κ3) is 8.03.